The molecule has 9 nitrogen and oxygen atoms in total. The number of benzene rings is 1. The number of aromatic amines is 2. The first-order chi connectivity index (χ1) is 19.1. The smallest absolute Gasteiger partial charge is 0.227 e. The number of carbonyl (C=O) groups excluding carboxylic acids is 1. The van der Waals surface area contributed by atoms with Crippen LogP contribution in [0.1, 0.15) is 12.8 Å². The molecule has 0 atom stereocenters. The average Bonchev–Trinajstić information content (AvgIpc) is 3.58. The van der Waals surface area contributed by atoms with Gasteiger partial charge in [-0.15, -0.1) is 0 Å². The minimum absolute atomic E-state index is 0.0307. The molecule has 1 aliphatic rings. The molecule has 0 radical (unpaired) electrons. The van der Waals surface area contributed by atoms with Crippen molar-refractivity contribution in [3.8, 4) is 39.4 Å². The quantitative estimate of drug-likeness (QED) is 0.259. The van der Waals surface area contributed by atoms with Gasteiger partial charge in [0.05, 0.1) is 24.7 Å². The van der Waals surface area contributed by atoms with Crippen molar-refractivity contribution in [2.24, 2.45) is 5.92 Å². The summed E-state index contributed by atoms with van der Waals surface area (Å²) in [7, 11) is 1.51. The minimum Gasteiger partial charge on any atom is -0.497 e. The number of H-pyrrole nitrogens is 2. The highest BCUT2D eigenvalue weighted by Crippen LogP contribution is 2.36. The van der Waals surface area contributed by atoms with Crippen molar-refractivity contribution in [3.05, 3.63) is 73.1 Å². The van der Waals surface area contributed by atoms with Crippen molar-refractivity contribution < 1.29 is 13.9 Å². The summed E-state index contributed by atoms with van der Waals surface area (Å²) in [6.45, 7) is 0. The normalized spacial score (nSPS) is 13.2. The van der Waals surface area contributed by atoms with Crippen molar-refractivity contribution in [2.75, 3.05) is 12.4 Å². The molecule has 10 heteroatoms. The second-order valence-electron chi connectivity index (χ2n) is 9.60. The van der Waals surface area contributed by atoms with E-state index in [9.17, 15) is 9.18 Å². The fourth-order valence-corrected chi connectivity index (χ4v) is 4.76. The van der Waals surface area contributed by atoms with Gasteiger partial charge in [0.2, 0.25) is 5.91 Å². The van der Waals surface area contributed by atoms with E-state index in [0.29, 0.717) is 34.0 Å². The number of amides is 1. The van der Waals surface area contributed by atoms with Crippen LogP contribution in [0.2, 0.25) is 0 Å². The minimum atomic E-state index is -0.382. The molecule has 1 aliphatic carbocycles. The summed E-state index contributed by atoms with van der Waals surface area (Å²) in [5.74, 6) is 0.193. The Balaban J connectivity index is 1.28. The molecule has 3 N–H and O–H groups in total. The van der Waals surface area contributed by atoms with Crippen LogP contribution in [0.3, 0.4) is 0 Å². The molecule has 0 unspecified atom stereocenters. The van der Waals surface area contributed by atoms with Gasteiger partial charge in [0.15, 0.2) is 5.65 Å². The van der Waals surface area contributed by atoms with Crippen LogP contribution in [-0.4, -0.2) is 43.2 Å². The van der Waals surface area contributed by atoms with E-state index in [1.165, 1.54) is 19.2 Å². The Morgan fingerprint density at radius 2 is 1.85 bits per heavy atom. The zero-order chi connectivity index (χ0) is 26.5. The van der Waals surface area contributed by atoms with Crippen molar-refractivity contribution >= 4 is 33.7 Å². The molecule has 1 aromatic carbocycles. The highest BCUT2D eigenvalue weighted by atomic mass is 19.1. The standard InChI is InChI=1S/C29H22FN7O2/c1-39-21-8-16(6-19(30)10-21)22-4-5-32-27-23(22)11-25(35-27)26-24-9-18(13-33-28(24)37-36-26)17-7-20(14-31-12-17)34-29(38)15-2-3-15/h4-15H,2-3H2,1H3,(H,32,35)(H,34,38)(H,33,36,37). The number of fused-ring (bicyclic) bond motifs is 2. The van der Waals surface area contributed by atoms with Crippen LogP contribution in [0, 0.1) is 11.7 Å². The van der Waals surface area contributed by atoms with Gasteiger partial charge in [-0.3, -0.25) is 14.9 Å². The third-order valence-corrected chi connectivity index (χ3v) is 6.91. The van der Waals surface area contributed by atoms with E-state index >= 15 is 0 Å². The summed E-state index contributed by atoms with van der Waals surface area (Å²) < 4.78 is 19.5. The van der Waals surface area contributed by atoms with Crippen LogP contribution in [-0.2, 0) is 4.79 Å². The molecule has 0 spiro atoms. The zero-order valence-corrected chi connectivity index (χ0v) is 20.8. The second-order valence-corrected chi connectivity index (χ2v) is 9.60. The maximum absolute atomic E-state index is 14.3. The van der Waals surface area contributed by atoms with Crippen LogP contribution in [0.15, 0.2) is 67.3 Å². The van der Waals surface area contributed by atoms with Crippen molar-refractivity contribution in [3.63, 3.8) is 0 Å². The number of halogens is 1. The zero-order valence-electron chi connectivity index (χ0n) is 20.8. The van der Waals surface area contributed by atoms with Gasteiger partial charge in [0.1, 0.15) is 22.9 Å². The van der Waals surface area contributed by atoms with E-state index in [2.05, 4.69) is 35.5 Å². The Morgan fingerprint density at radius 1 is 0.974 bits per heavy atom. The Morgan fingerprint density at radius 3 is 2.69 bits per heavy atom. The van der Waals surface area contributed by atoms with Crippen molar-refractivity contribution in [1.29, 1.82) is 0 Å². The van der Waals surface area contributed by atoms with Gasteiger partial charge in [-0.25, -0.2) is 14.4 Å². The van der Waals surface area contributed by atoms with Gasteiger partial charge in [0.25, 0.3) is 0 Å². The SMILES string of the molecule is COc1cc(F)cc(-c2ccnc3[nH]c(-c4n[nH]c5ncc(-c6cncc(NC(=O)C7CC7)c6)cc45)cc23)c1. The lowest BCUT2D eigenvalue weighted by Crippen LogP contribution is -2.13. The number of hydrogen-bond donors (Lipinski definition) is 3. The highest BCUT2D eigenvalue weighted by Gasteiger charge is 2.29. The fraction of sp³-hybridized carbons (Fsp3) is 0.138. The molecule has 0 aliphatic heterocycles. The van der Waals surface area contributed by atoms with Crippen LogP contribution in [0.4, 0.5) is 10.1 Å². The summed E-state index contributed by atoms with van der Waals surface area (Å²) in [6, 6.07) is 12.3. The monoisotopic (exact) mass is 519 g/mol. The van der Waals surface area contributed by atoms with Gasteiger partial charge < -0.3 is 15.0 Å². The number of anilines is 1. The molecular weight excluding hydrogens is 497 g/mol. The molecule has 1 amide bonds. The third kappa shape index (κ3) is 4.25. The van der Waals surface area contributed by atoms with Crippen LogP contribution in [0.25, 0.3) is 55.7 Å². The number of rotatable bonds is 6. The molecular formula is C29H22FN7O2. The predicted molar refractivity (Wildman–Crippen MR) is 146 cm³/mol. The van der Waals surface area contributed by atoms with E-state index in [4.69, 9.17) is 4.74 Å². The molecule has 7 rings (SSSR count). The molecule has 6 aromatic rings. The largest absolute Gasteiger partial charge is 0.497 e. The van der Waals surface area contributed by atoms with Crippen LogP contribution in [0.5, 0.6) is 5.75 Å². The number of methoxy groups -OCH3 is 1. The molecule has 1 fully saturated rings. The number of ether oxygens (including phenoxy) is 1. The first kappa shape index (κ1) is 23.0. The molecule has 0 bridgehead atoms. The van der Waals surface area contributed by atoms with Gasteiger partial charge in [-0.05, 0) is 60.4 Å². The lowest BCUT2D eigenvalue weighted by Gasteiger charge is -2.07. The molecule has 0 saturated heterocycles. The van der Waals surface area contributed by atoms with Gasteiger partial charge in [-0.2, -0.15) is 5.10 Å². The third-order valence-electron chi connectivity index (χ3n) is 6.91. The topological polar surface area (TPSA) is 121 Å². The average molecular weight is 520 g/mol. The predicted octanol–water partition coefficient (Wildman–Crippen LogP) is 5.73. The first-order valence-corrected chi connectivity index (χ1v) is 12.5. The Kier molecular flexibility index (Phi) is 5.32. The summed E-state index contributed by atoms with van der Waals surface area (Å²) in [4.78, 5) is 28.9. The number of nitrogens with one attached hydrogen (secondary N) is 3. The first-order valence-electron chi connectivity index (χ1n) is 12.5. The molecule has 39 heavy (non-hydrogen) atoms. The Labute approximate surface area is 221 Å². The summed E-state index contributed by atoms with van der Waals surface area (Å²) in [6.07, 6.45) is 8.67. The molecule has 5 heterocycles. The second kappa shape index (κ2) is 9.02. The van der Waals surface area contributed by atoms with Gasteiger partial charge in [-0.1, -0.05) is 0 Å². The fourth-order valence-electron chi connectivity index (χ4n) is 4.76. The number of aromatic nitrogens is 6. The van der Waals surface area contributed by atoms with E-state index in [1.807, 2.05) is 24.3 Å². The van der Waals surface area contributed by atoms with Gasteiger partial charge in [0, 0.05) is 52.5 Å². The summed E-state index contributed by atoms with van der Waals surface area (Å²) in [5, 5.41) is 12.1. The van der Waals surface area contributed by atoms with E-state index < -0.39 is 0 Å². The van der Waals surface area contributed by atoms with Crippen molar-refractivity contribution in [1.82, 2.24) is 30.1 Å². The van der Waals surface area contributed by atoms with Crippen molar-refractivity contribution in [2.45, 2.75) is 12.8 Å². The van der Waals surface area contributed by atoms with Crippen LogP contribution >= 0.6 is 0 Å². The van der Waals surface area contributed by atoms with E-state index in [-0.39, 0.29) is 17.6 Å². The lowest BCUT2D eigenvalue weighted by molar-refractivity contribution is -0.117. The number of hydrogen-bond acceptors (Lipinski definition) is 6. The number of pyridine rings is 3. The number of carbonyl (C=O) groups is 1. The Hall–Kier alpha value is -5.12. The molecule has 1 saturated carbocycles. The Bertz CT molecular complexity index is 1890. The molecule has 192 valence electrons. The lowest BCUT2D eigenvalue weighted by atomic mass is 10.0. The van der Waals surface area contributed by atoms with E-state index in [0.717, 1.165) is 46.0 Å². The molecule has 5 aromatic heterocycles. The highest BCUT2D eigenvalue weighted by molar-refractivity contribution is 6.00. The number of nitrogens with zero attached hydrogens (tertiary/aromatic N) is 4. The maximum Gasteiger partial charge on any atom is 0.227 e. The van der Waals surface area contributed by atoms with E-state index in [1.54, 1.807) is 30.9 Å². The maximum atomic E-state index is 14.3. The summed E-state index contributed by atoms with van der Waals surface area (Å²) >= 11 is 0. The van der Waals surface area contributed by atoms with Crippen LogP contribution < -0.4 is 10.1 Å². The van der Waals surface area contributed by atoms with Gasteiger partial charge >= 0.3 is 0 Å². The summed E-state index contributed by atoms with van der Waals surface area (Å²) in [5.41, 5.74) is 6.49.